The summed E-state index contributed by atoms with van der Waals surface area (Å²) in [6, 6.07) is 3.36. The molecule has 0 aliphatic carbocycles. The monoisotopic (exact) mass is 1760 g/mol. The van der Waals surface area contributed by atoms with Crippen LogP contribution in [0.3, 0.4) is 0 Å². The molecule has 5 aromatic rings. The second-order valence-corrected chi connectivity index (χ2v) is 35.5. The summed E-state index contributed by atoms with van der Waals surface area (Å²) in [7, 11) is -1.90. The van der Waals surface area contributed by atoms with E-state index in [1.807, 2.05) is 20.8 Å². The molecule has 0 aromatic heterocycles. The van der Waals surface area contributed by atoms with Crippen LogP contribution in [0, 0.1) is 17.3 Å². The number of nitrogens with one attached hydrogen (secondary N) is 6. The molecule has 19 N–H and O–H groups in total. The van der Waals surface area contributed by atoms with Crippen molar-refractivity contribution in [3.63, 3.8) is 0 Å². The van der Waals surface area contributed by atoms with Crippen molar-refractivity contribution in [1.29, 1.82) is 0 Å². The first-order chi connectivity index (χ1) is 57.9. The van der Waals surface area contributed by atoms with E-state index in [2.05, 4.69) is 43.3 Å². The Bertz CT molecular complexity index is 4660. The molecular weight excluding hydrogens is 1650 g/mol. The van der Waals surface area contributed by atoms with Gasteiger partial charge in [0.1, 0.15) is 77.4 Å². The molecule has 0 saturated carbocycles. The van der Waals surface area contributed by atoms with E-state index < -0.39 is 270 Å². The van der Waals surface area contributed by atoms with Crippen LogP contribution in [-0.4, -0.2) is 197 Å². The predicted octanol–water partition coefficient (Wildman–Crippen LogP) is 8.34. The first-order valence-corrected chi connectivity index (χ1v) is 43.6. The minimum atomic E-state index is -4.34. The molecule has 5 amide bonds. The number of carbonyl (C=O) groups is 8. The standard InChI is InChI=1S/C85H112Cl2N7O27P/c1-8-9-10-11-12-13-14-15-16-17-18-19-26-85(5)37-65(116-42(4)78(85)106)120-77-75(105)74(104)63(39-95)119-84(77)121-76-61-32-46-33-62(76)118-60-25-22-45(30-53(60)87)72(102)70-82(110)92-68(83(111)112)50-36-56(97)51(38-90-40-122(113,114)115-7)73(103)66(50)49-28-43(20-23-55(49)96)48(80(108)94-70)35-58(99)67(46)91-79(107)47(34-64(88)100)31-57(98)69(93-81(109)54(89-6)27-41(2)3)71(101)44-21-24-59(117-61)52(86)29-44/h20-25,28-30,32-33,36,41-42,47-48,54,63,65,67-72,74-75,77-78,84,89-90,95-97,101-106H,8-19,26-27,31,34-35,37-40H2,1-7H3,(H2,88,100)(H,91,107)(H,92,110)(H,93,109)(H,94,108)(H,111,112)(H,113,114)/t42-,47-,48+,54+,63+,65-,67+,68+,69?,70-,71+,72+,74+,75-,77+,78+,84-,85-/m0/s1. The SMILES string of the molecule is CCCCCCCCCCCCCC[C@@]1(C)C[C@H](O[C@H]2[C@H](Oc3c4cc5cc3Oc3ccc(cc3Cl)[C@@H](O)[C@@H]3NC(=O)[C@H](CC(=O)[C@@H]5NC(=O)[C@H](CC(N)=O)CC(=O)C(NC(=O)[C@@H](CC(C)C)NC)[C@H](O)c5ccc(c(Cl)c5)O4)c4ccc(O)c(c4)-c4c(cc(O)c(CNCP(=O)(O)OC)c4O)[C@H](C(=O)O)NC3=O)O[C@H](CO)[C@@H](O)[C@@H]2O)O[C@@H](C)[C@H]1O. The first-order valence-electron chi connectivity index (χ1n) is 41.1. The van der Waals surface area contributed by atoms with Gasteiger partial charge in [-0.1, -0.05) is 146 Å². The van der Waals surface area contributed by atoms with Crippen molar-refractivity contribution in [2.75, 3.05) is 27.1 Å². The van der Waals surface area contributed by atoms with Crippen molar-refractivity contribution >= 4 is 77.9 Å². The van der Waals surface area contributed by atoms with Gasteiger partial charge in [0.05, 0.1) is 58.6 Å². The molecule has 2 unspecified atom stereocenters. The number of primary amides is 1. The largest absolute Gasteiger partial charge is 0.507 e. The number of hydrogen-bond acceptors (Lipinski definition) is 27. The number of carbonyl (C=O) groups excluding carboxylic acids is 7. The maximum atomic E-state index is 16.5. The first kappa shape index (κ1) is 95.6. The van der Waals surface area contributed by atoms with Crippen LogP contribution in [0.4, 0.5) is 0 Å². The van der Waals surface area contributed by atoms with Crippen LogP contribution in [0.1, 0.15) is 214 Å². The van der Waals surface area contributed by atoms with Crippen LogP contribution in [0.2, 0.25) is 10.0 Å². The Morgan fingerprint density at radius 3 is 1.90 bits per heavy atom. The highest BCUT2D eigenvalue weighted by Crippen LogP contribution is 2.52. The fourth-order valence-corrected chi connectivity index (χ4v) is 17.3. The summed E-state index contributed by atoms with van der Waals surface area (Å²) in [5, 5.41) is 134. The summed E-state index contributed by atoms with van der Waals surface area (Å²) in [6.45, 7) is 7.78. The Morgan fingerprint density at radius 1 is 0.721 bits per heavy atom. The Hall–Kier alpha value is -8.65. The number of hydrogen-bond donors (Lipinski definition) is 18. The minimum absolute atomic E-state index is 0.0224. The van der Waals surface area contributed by atoms with Crippen LogP contribution in [0.5, 0.6) is 46.0 Å². The van der Waals surface area contributed by atoms with Crippen LogP contribution >= 0.6 is 30.8 Å². The van der Waals surface area contributed by atoms with Crippen LogP contribution in [0.15, 0.2) is 72.8 Å². The van der Waals surface area contributed by atoms with E-state index in [9.17, 15) is 74.9 Å². The summed E-state index contributed by atoms with van der Waals surface area (Å²) >= 11 is 14.4. The number of nitrogens with two attached hydrogens (primary N) is 1. The molecule has 0 spiro atoms. The lowest BCUT2D eigenvalue weighted by Crippen LogP contribution is -2.62. The maximum absolute atomic E-state index is 16.5. The molecule has 0 radical (unpaired) electrons. The van der Waals surface area contributed by atoms with Crippen molar-refractivity contribution in [3.8, 4) is 57.1 Å². The minimum Gasteiger partial charge on any atom is -0.507 e. The normalized spacial score (nSPS) is 27.1. The summed E-state index contributed by atoms with van der Waals surface area (Å²) in [4.78, 5) is 130. The number of amides is 5. The van der Waals surface area contributed by atoms with Gasteiger partial charge in [-0.25, -0.2) is 4.79 Å². The molecule has 2 fully saturated rings. The number of ether oxygens (including phenoxy) is 6. The molecule has 5 aromatic carbocycles. The van der Waals surface area contributed by atoms with E-state index in [1.165, 1.54) is 63.8 Å². The number of aliphatic carboxylic acids is 1. The molecule has 37 heteroatoms. The number of phenols is 3. The topological polar surface area (TPSA) is 539 Å². The number of ketones is 2. The second-order valence-electron chi connectivity index (χ2n) is 32.8. The number of likely N-dealkylation sites (N-methyl/N-ethyl adjacent to an activating group) is 1. The van der Waals surface area contributed by atoms with Gasteiger partial charge in [-0.3, -0.25) is 38.1 Å². The Labute approximate surface area is 715 Å². The van der Waals surface area contributed by atoms with Gasteiger partial charge in [0.25, 0.3) is 0 Å². The summed E-state index contributed by atoms with van der Waals surface area (Å²) in [6.07, 6.45) is -6.83. The number of benzene rings is 5. The molecule has 34 nitrogen and oxygen atoms in total. The number of aliphatic hydroxyl groups excluding tert-OH is 6. The molecule has 668 valence electrons. The Morgan fingerprint density at radius 2 is 1.33 bits per heavy atom. The molecule has 7 heterocycles. The van der Waals surface area contributed by atoms with E-state index in [-0.39, 0.29) is 52.0 Å². The summed E-state index contributed by atoms with van der Waals surface area (Å²) in [5.41, 5.74) is 1.58. The average Bonchev–Trinajstić information content (AvgIpc) is 0.750. The number of carboxylic acids is 1. The van der Waals surface area contributed by atoms with E-state index in [4.69, 9.17) is 57.4 Å². The molecular formula is C85H112Cl2N7O27P. The van der Waals surface area contributed by atoms with Crippen molar-refractivity contribution in [2.45, 2.75) is 254 Å². The van der Waals surface area contributed by atoms with E-state index in [1.54, 1.807) is 6.92 Å². The number of aliphatic hydroxyl groups is 6. The number of Topliss-reactive ketones (excluding diaryl/α,β-unsaturated/α-hetero) is 2. The Balaban J connectivity index is 1.17. The van der Waals surface area contributed by atoms with Gasteiger partial charge in [0, 0.05) is 61.4 Å². The third-order valence-electron chi connectivity index (χ3n) is 23.2. The number of phenolic OH excluding ortho intramolecular Hbond substituents is 3. The molecule has 7 aliphatic heterocycles. The quantitative estimate of drug-likeness (QED) is 0.0146. The van der Waals surface area contributed by atoms with Crippen molar-refractivity contribution < 1.29 is 132 Å². The maximum Gasteiger partial charge on any atom is 0.341 e. The van der Waals surface area contributed by atoms with Crippen LogP contribution in [-0.2, 0) is 68.2 Å². The van der Waals surface area contributed by atoms with Crippen molar-refractivity contribution in [3.05, 3.63) is 116 Å². The van der Waals surface area contributed by atoms with Crippen LogP contribution < -0.4 is 51.8 Å². The van der Waals surface area contributed by atoms with Gasteiger partial charge in [0.15, 0.2) is 41.5 Å². The number of halogens is 2. The highest BCUT2D eigenvalue weighted by molar-refractivity contribution is 7.52. The smallest absolute Gasteiger partial charge is 0.341 e. The van der Waals surface area contributed by atoms with Gasteiger partial charge in [-0.15, -0.1) is 0 Å². The predicted molar refractivity (Wildman–Crippen MR) is 442 cm³/mol. The van der Waals surface area contributed by atoms with E-state index in [0.29, 0.717) is 6.42 Å². The highest BCUT2D eigenvalue weighted by atomic mass is 35.5. The van der Waals surface area contributed by atoms with Gasteiger partial charge in [0.2, 0.25) is 41.6 Å². The highest BCUT2D eigenvalue weighted by Gasteiger charge is 2.52. The molecule has 12 rings (SSSR count). The number of rotatable bonds is 31. The third-order valence-corrected chi connectivity index (χ3v) is 25.0. The fourth-order valence-electron chi connectivity index (χ4n) is 16.3. The molecule has 7 aliphatic rings. The second kappa shape index (κ2) is 42.4. The zero-order valence-corrected chi connectivity index (χ0v) is 71.3. The molecule has 2 saturated heterocycles. The summed E-state index contributed by atoms with van der Waals surface area (Å²) < 4.78 is 57.0. The van der Waals surface area contributed by atoms with E-state index >= 15 is 24.0 Å². The van der Waals surface area contributed by atoms with Gasteiger partial charge in [-0.2, -0.15) is 0 Å². The fraction of sp³-hybridized carbons (Fsp3) is 0.553. The van der Waals surface area contributed by atoms with Crippen molar-refractivity contribution in [1.82, 2.24) is 31.9 Å². The number of unbranched alkanes of at least 4 members (excludes halogenated alkanes) is 11. The summed E-state index contributed by atoms with van der Waals surface area (Å²) in [5.74, 6) is -19.4. The van der Waals surface area contributed by atoms with Gasteiger partial charge >= 0.3 is 13.6 Å². The molecule has 11 bridgehead atoms. The van der Waals surface area contributed by atoms with Gasteiger partial charge in [-0.05, 0) is 110 Å². The zero-order chi connectivity index (χ0) is 88.9. The lowest BCUT2D eigenvalue weighted by atomic mass is 9.73. The number of aromatic hydroxyl groups is 3. The average molecular weight is 1770 g/mol. The third kappa shape index (κ3) is 23.1. The van der Waals surface area contributed by atoms with Crippen molar-refractivity contribution in [2.24, 2.45) is 23.0 Å². The van der Waals surface area contributed by atoms with E-state index in [0.717, 1.165) is 100 Å². The zero-order valence-electron chi connectivity index (χ0n) is 68.9. The lowest BCUT2D eigenvalue weighted by Gasteiger charge is -2.48. The Kier molecular flexibility index (Phi) is 33.2. The molecule has 122 heavy (non-hydrogen) atoms. The lowest BCUT2D eigenvalue weighted by molar-refractivity contribution is -0.339. The number of carboxylic acid groups (broad SMARTS) is 1. The van der Waals surface area contributed by atoms with Crippen LogP contribution in [0.25, 0.3) is 11.1 Å². The molecule has 19 atom stereocenters. The van der Waals surface area contributed by atoms with Gasteiger partial charge < -0.3 is 127 Å². The number of fused-ring (bicyclic) bond motifs is 15.